The normalized spacial score (nSPS) is 10.5. The molecule has 8 heteroatoms. The van der Waals surface area contributed by atoms with Crippen molar-refractivity contribution < 1.29 is 23.7 Å². The van der Waals surface area contributed by atoms with Crippen LogP contribution in [0.4, 0.5) is 0 Å². The summed E-state index contributed by atoms with van der Waals surface area (Å²) in [5.41, 5.74) is 3.04. The number of carbonyl (C=O) groups is 1. The SMILES string of the molecule is COc1cc(/C=N/NC(=O)COc2cccc(Cl)c2)cc(OC)c1OC. The summed E-state index contributed by atoms with van der Waals surface area (Å²) in [6.07, 6.45) is 1.46. The van der Waals surface area contributed by atoms with E-state index in [4.69, 9.17) is 30.5 Å². The lowest BCUT2D eigenvalue weighted by Gasteiger charge is -2.12. The predicted molar refractivity (Wildman–Crippen MR) is 98.8 cm³/mol. The maximum absolute atomic E-state index is 11.8. The van der Waals surface area contributed by atoms with Crippen LogP contribution >= 0.6 is 11.6 Å². The maximum Gasteiger partial charge on any atom is 0.277 e. The van der Waals surface area contributed by atoms with Crippen LogP contribution in [0.1, 0.15) is 5.56 Å². The maximum atomic E-state index is 11.8. The fourth-order valence-electron chi connectivity index (χ4n) is 2.09. The molecule has 0 spiro atoms. The fraction of sp³-hybridized carbons (Fsp3) is 0.222. The molecular weight excluding hydrogens is 360 g/mol. The highest BCUT2D eigenvalue weighted by atomic mass is 35.5. The van der Waals surface area contributed by atoms with E-state index < -0.39 is 5.91 Å². The van der Waals surface area contributed by atoms with Gasteiger partial charge in [-0.2, -0.15) is 5.10 Å². The zero-order valence-corrected chi connectivity index (χ0v) is 15.4. The number of hydrogen-bond acceptors (Lipinski definition) is 6. The molecule has 0 aliphatic carbocycles. The summed E-state index contributed by atoms with van der Waals surface area (Å²) in [7, 11) is 4.56. The lowest BCUT2D eigenvalue weighted by molar-refractivity contribution is -0.123. The fourth-order valence-corrected chi connectivity index (χ4v) is 2.27. The number of benzene rings is 2. The van der Waals surface area contributed by atoms with E-state index in [9.17, 15) is 4.79 Å². The Morgan fingerprint density at radius 3 is 2.38 bits per heavy atom. The zero-order chi connectivity index (χ0) is 18.9. The molecule has 0 aliphatic heterocycles. The Bertz CT molecular complexity index is 770. The molecule has 138 valence electrons. The third kappa shape index (κ3) is 5.29. The number of hydrogen-bond donors (Lipinski definition) is 1. The number of nitrogens with zero attached hydrogens (tertiary/aromatic N) is 1. The van der Waals surface area contributed by atoms with Crippen LogP contribution < -0.4 is 24.4 Å². The molecule has 7 nitrogen and oxygen atoms in total. The molecular formula is C18H19ClN2O5. The highest BCUT2D eigenvalue weighted by Crippen LogP contribution is 2.37. The van der Waals surface area contributed by atoms with Crippen LogP contribution in [0.25, 0.3) is 0 Å². The third-order valence-corrected chi connectivity index (χ3v) is 3.49. The third-order valence-electron chi connectivity index (χ3n) is 3.26. The van der Waals surface area contributed by atoms with Crippen LogP contribution in [0.5, 0.6) is 23.0 Å². The molecule has 0 atom stereocenters. The average Bonchev–Trinajstić information content (AvgIpc) is 2.65. The summed E-state index contributed by atoms with van der Waals surface area (Å²) >= 11 is 5.85. The van der Waals surface area contributed by atoms with E-state index in [1.807, 2.05) is 0 Å². The van der Waals surface area contributed by atoms with Gasteiger partial charge in [0.2, 0.25) is 5.75 Å². The first-order chi connectivity index (χ1) is 12.6. The highest BCUT2D eigenvalue weighted by molar-refractivity contribution is 6.30. The van der Waals surface area contributed by atoms with Crippen LogP contribution in [-0.4, -0.2) is 40.1 Å². The lowest BCUT2D eigenvalue weighted by atomic mass is 10.2. The van der Waals surface area contributed by atoms with Crippen molar-refractivity contribution in [2.75, 3.05) is 27.9 Å². The van der Waals surface area contributed by atoms with Gasteiger partial charge < -0.3 is 18.9 Å². The first-order valence-electron chi connectivity index (χ1n) is 7.57. The van der Waals surface area contributed by atoms with Crippen molar-refractivity contribution in [2.24, 2.45) is 5.10 Å². The second-order valence-corrected chi connectivity index (χ2v) is 5.43. The summed E-state index contributed by atoms with van der Waals surface area (Å²) in [5.74, 6) is 1.55. The molecule has 0 saturated heterocycles. The summed E-state index contributed by atoms with van der Waals surface area (Å²) in [6, 6.07) is 10.2. The van der Waals surface area contributed by atoms with Gasteiger partial charge in [-0.1, -0.05) is 17.7 Å². The Kier molecular flexibility index (Phi) is 7.11. The average molecular weight is 379 g/mol. The van der Waals surface area contributed by atoms with Gasteiger partial charge in [-0.25, -0.2) is 5.43 Å². The van der Waals surface area contributed by atoms with Crippen molar-refractivity contribution in [3.05, 3.63) is 47.0 Å². The molecule has 2 aromatic carbocycles. The van der Waals surface area contributed by atoms with Crippen molar-refractivity contribution in [3.8, 4) is 23.0 Å². The summed E-state index contributed by atoms with van der Waals surface area (Å²) in [4.78, 5) is 11.8. The van der Waals surface area contributed by atoms with Crippen molar-refractivity contribution in [2.45, 2.75) is 0 Å². The summed E-state index contributed by atoms with van der Waals surface area (Å²) in [6.45, 7) is -0.188. The van der Waals surface area contributed by atoms with Gasteiger partial charge in [0.1, 0.15) is 5.75 Å². The Morgan fingerprint density at radius 2 is 1.81 bits per heavy atom. The number of halogens is 1. The number of rotatable bonds is 8. The molecule has 0 heterocycles. The van der Waals surface area contributed by atoms with Crippen molar-refractivity contribution in [3.63, 3.8) is 0 Å². The number of amides is 1. The minimum Gasteiger partial charge on any atom is -0.493 e. The Morgan fingerprint density at radius 1 is 1.12 bits per heavy atom. The van der Waals surface area contributed by atoms with Gasteiger partial charge in [-0.05, 0) is 30.3 Å². The quantitative estimate of drug-likeness (QED) is 0.564. The minimum absolute atomic E-state index is 0.188. The number of ether oxygens (including phenoxy) is 4. The van der Waals surface area contributed by atoms with Gasteiger partial charge in [0.25, 0.3) is 5.91 Å². The first kappa shape index (κ1) is 19.4. The van der Waals surface area contributed by atoms with E-state index in [0.717, 1.165) is 0 Å². The number of nitrogens with one attached hydrogen (secondary N) is 1. The molecule has 0 bridgehead atoms. The Labute approximate surface area is 156 Å². The van der Waals surface area contributed by atoms with Crippen LogP contribution in [0, 0.1) is 0 Å². The Balaban J connectivity index is 1.96. The number of carbonyl (C=O) groups excluding carboxylic acids is 1. The van der Waals surface area contributed by atoms with Crippen LogP contribution in [-0.2, 0) is 4.79 Å². The first-order valence-corrected chi connectivity index (χ1v) is 7.95. The van der Waals surface area contributed by atoms with Gasteiger partial charge in [0, 0.05) is 10.6 Å². The summed E-state index contributed by atoms with van der Waals surface area (Å²) < 4.78 is 21.1. The standard InChI is InChI=1S/C18H19ClN2O5/c1-23-15-7-12(8-16(24-2)18(15)25-3)10-20-21-17(22)11-26-14-6-4-5-13(19)9-14/h4-10H,11H2,1-3H3,(H,21,22)/b20-10+. The summed E-state index contributed by atoms with van der Waals surface area (Å²) in [5, 5.41) is 4.43. The van der Waals surface area contributed by atoms with Crippen molar-refractivity contribution in [1.29, 1.82) is 0 Å². The second kappa shape index (κ2) is 9.53. The number of methoxy groups -OCH3 is 3. The van der Waals surface area contributed by atoms with E-state index in [1.54, 1.807) is 36.4 Å². The molecule has 0 radical (unpaired) electrons. The minimum atomic E-state index is -0.409. The second-order valence-electron chi connectivity index (χ2n) is 5.00. The van der Waals surface area contributed by atoms with Gasteiger partial charge in [0.15, 0.2) is 18.1 Å². The van der Waals surface area contributed by atoms with Gasteiger partial charge in [0.05, 0.1) is 27.5 Å². The Hall–Kier alpha value is -2.93. The van der Waals surface area contributed by atoms with Crippen molar-refractivity contribution >= 4 is 23.7 Å². The topological polar surface area (TPSA) is 78.4 Å². The van der Waals surface area contributed by atoms with E-state index in [2.05, 4.69) is 10.5 Å². The molecule has 26 heavy (non-hydrogen) atoms. The largest absolute Gasteiger partial charge is 0.493 e. The van der Waals surface area contributed by atoms with E-state index in [1.165, 1.54) is 27.5 Å². The van der Waals surface area contributed by atoms with Crippen molar-refractivity contribution in [1.82, 2.24) is 5.43 Å². The van der Waals surface area contributed by atoms with E-state index in [0.29, 0.717) is 33.6 Å². The zero-order valence-electron chi connectivity index (χ0n) is 14.6. The molecule has 1 N–H and O–H groups in total. The monoisotopic (exact) mass is 378 g/mol. The molecule has 0 saturated carbocycles. The smallest absolute Gasteiger partial charge is 0.277 e. The van der Waals surface area contributed by atoms with Gasteiger partial charge in [-0.3, -0.25) is 4.79 Å². The van der Waals surface area contributed by atoms with Crippen LogP contribution in [0.15, 0.2) is 41.5 Å². The highest BCUT2D eigenvalue weighted by Gasteiger charge is 2.12. The molecule has 0 unspecified atom stereocenters. The lowest BCUT2D eigenvalue weighted by Crippen LogP contribution is -2.24. The van der Waals surface area contributed by atoms with E-state index in [-0.39, 0.29) is 6.61 Å². The van der Waals surface area contributed by atoms with Crippen LogP contribution in [0.2, 0.25) is 5.02 Å². The molecule has 2 rings (SSSR count). The molecule has 0 aromatic heterocycles. The molecule has 2 aromatic rings. The predicted octanol–water partition coefficient (Wildman–Crippen LogP) is 2.89. The molecule has 0 fully saturated rings. The molecule has 1 amide bonds. The molecule has 0 aliphatic rings. The number of hydrazone groups is 1. The van der Waals surface area contributed by atoms with Gasteiger partial charge in [-0.15, -0.1) is 0 Å². The van der Waals surface area contributed by atoms with Crippen LogP contribution in [0.3, 0.4) is 0 Å². The van der Waals surface area contributed by atoms with E-state index >= 15 is 0 Å². The van der Waals surface area contributed by atoms with Gasteiger partial charge >= 0.3 is 0 Å².